The maximum absolute atomic E-state index is 12.3. The Morgan fingerprint density at radius 3 is 2.91 bits per heavy atom. The highest BCUT2D eigenvalue weighted by Gasteiger charge is 2.14. The minimum absolute atomic E-state index is 0.238. The number of aromatic nitrogens is 3. The van der Waals surface area contributed by atoms with Crippen LogP contribution in [0.1, 0.15) is 16.1 Å². The highest BCUT2D eigenvalue weighted by Crippen LogP contribution is 2.19. The van der Waals surface area contributed by atoms with E-state index < -0.39 is 0 Å². The lowest BCUT2D eigenvalue weighted by Gasteiger charge is -2.08. The van der Waals surface area contributed by atoms with Gasteiger partial charge in [0.1, 0.15) is 11.9 Å². The number of nitrogens with zero attached hydrogens (tertiary/aromatic N) is 3. The van der Waals surface area contributed by atoms with Crippen LogP contribution in [0.3, 0.4) is 0 Å². The van der Waals surface area contributed by atoms with Crippen LogP contribution in [0.5, 0.6) is 0 Å². The van der Waals surface area contributed by atoms with Gasteiger partial charge in [0, 0.05) is 25.1 Å². The van der Waals surface area contributed by atoms with Crippen molar-refractivity contribution in [2.45, 2.75) is 6.54 Å². The van der Waals surface area contributed by atoms with Gasteiger partial charge in [0.2, 0.25) is 5.00 Å². The largest absolute Gasteiger partial charge is 0.339 e. The van der Waals surface area contributed by atoms with Crippen LogP contribution in [-0.4, -0.2) is 25.6 Å². The van der Waals surface area contributed by atoms with Gasteiger partial charge < -0.3 is 4.57 Å². The van der Waals surface area contributed by atoms with Gasteiger partial charge in [-0.3, -0.25) is 15.1 Å². The predicted molar refractivity (Wildman–Crippen MR) is 81.2 cm³/mol. The number of nitrogens with two attached hydrogens (primary N) is 1. The first-order chi connectivity index (χ1) is 10.8. The molecule has 0 aliphatic carbocycles. The topological polar surface area (TPSA) is 96.6 Å². The maximum atomic E-state index is 12.3. The second-order valence-corrected chi connectivity index (χ2v) is 5.59. The number of pyridine rings is 1. The molecule has 4 N–H and O–H groups in total. The monoisotopic (exact) mass is 316 g/mol. The Bertz CT molecular complexity index is 768. The normalized spacial score (nSPS) is 10.6. The molecule has 3 heterocycles. The van der Waals surface area contributed by atoms with Crippen molar-refractivity contribution in [1.82, 2.24) is 14.5 Å². The third-order valence-corrected chi connectivity index (χ3v) is 3.88. The van der Waals surface area contributed by atoms with Crippen molar-refractivity contribution in [3.63, 3.8) is 0 Å². The summed E-state index contributed by atoms with van der Waals surface area (Å²) in [5.74, 6) is -0.238. The summed E-state index contributed by atoms with van der Waals surface area (Å²) in [5, 5.41) is 12.7. The van der Waals surface area contributed by atoms with Crippen LogP contribution < -0.4 is 10.8 Å². The predicted octanol–water partition coefficient (Wildman–Crippen LogP) is 1.22. The number of carbonyl (C=O) groups is 1. The Balaban J connectivity index is 1.74. The van der Waals surface area contributed by atoms with Crippen LogP contribution in [0.15, 0.2) is 49.1 Å². The summed E-state index contributed by atoms with van der Waals surface area (Å²) in [7, 11) is 0. The average Bonchev–Trinajstić information content (AvgIpc) is 3.17. The zero-order chi connectivity index (χ0) is 15.4. The molecule has 0 saturated heterocycles. The van der Waals surface area contributed by atoms with Crippen molar-refractivity contribution in [1.29, 1.82) is 0 Å². The van der Waals surface area contributed by atoms with Crippen LogP contribution in [0.25, 0.3) is 0 Å². The maximum Gasteiger partial charge on any atom is 0.274 e. The Labute approximate surface area is 130 Å². The standard InChI is InChI=1S/C14H13N5O2S/c20-13(17-14-16-8-12(18-21)22-14)11-2-1-7-19(11)9-10-3-5-15-6-4-10/h1-8,18,21H,9H2,(H,16,17,20)/p+1. The quantitative estimate of drug-likeness (QED) is 0.617. The van der Waals surface area contributed by atoms with Gasteiger partial charge in [0.15, 0.2) is 5.13 Å². The first kappa shape index (κ1) is 14.4. The Morgan fingerprint density at radius 1 is 1.36 bits per heavy atom. The molecule has 0 spiro atoms. The van der Waals surface area contributed by atoms with Gasteiger partial charge >= 0.3 is 0 Å². The van der Waals surface area contributed by atoms with E-state index in [1.165, 1.54) is 17.5 Å². The molecule has 0 unspecified atom stereocenters. The third kappa shape index (κ3) is 3.19. The molecule has 0 saturated carbocycles. The Kier molecular flexibility index (Phi) is 4.24. The van der Waals surface area contributed by atoms with Crippen LogP contribution >= 0.6 is 11.3 Å². The van der Waals surface area contributed by atoms with E-state index in [2.05, 4.69) is 15.3 Å². The fraction of sp³-hybridized carbons (Fsp3) is 0.0714. The van der Waals surface area contributed by atoms with E-state index >= 15 is 0 Å². The van der Waals surface area contributed by atoms with Gasteiger partial charge in [-0.05, 0) is 41.2 Å². The molecule has 22 heavy (non-hydrogen) atoms. The summed E-state index contributed by atoms with van der Waals surface area (Å²) >= 11 is 1.20. The molecule has 3 rings (SSSR count). The molecule has 8 heteroatoms. The number of nitrogens with one attached hydrogen (secondary N) is 1. The molecule has 3 aromatic heterocycles. The van der Waals surface area contributed by atoms with E-state index in [0.29, 0.717) is 22.4 Å². The van der Waals surface area contributed by atoms with Crippen LogP contribution in [0.2, 0.25) is 0 Å². The smallest absolute Gasteiger partial charge is 0.274 e. The number of hydrogen-bond donors (Lipinski definition) is 3. The molecular formula is C14H14N5O2S+. The van der Waals surface area contributed by atoms with Gasteiger partial charge in [-0.2, -0.15) is 5.48 Å². The first-order valence-electron chi connectivity index (χ1n) is 6.55. The van der Waals surface area contributed by atoms with Gasteiger partial charge in [-0.25, -0.2) is 10.2 Å². The Hall–Kier alpha value is -2.55. The van der Waals surface area contributed by atoms with Crippen LogP contribution in [-0.2, 0) is 6.54 Å². The van der Waals surface area contributed by atoms with E-state index in [1.54, 1.807) is 18.5 Å². The molecule has 0 aromatic carbocycles. The summed E-state index contributed by atoms with van der Waals surface area (Å²) in [6.07, 6.45) is 6.79. The molecule has 0 bridgehead atoms. The van der Waals surface area contributed by atoms with Crippen molar-refractivity contribution < 1.29 is 15.5 Å². The number of quaternary nitrogens is 1. The summed E-state index contributed by atoms with van der Waals surface area (Å²) < 4.78 is 1.86. The van der Waals surface area contributed by atoms with Gasteiger partial charge in [0.05, 0.1) is 0 Å². The summed E-state index contributed by atoms with van der Waals surface area (Å²) in [6.45, 7) is 0.589. The molecular weight excluding hydrogens is 302 g/mol. The van der Waals surface area contributed by atoms with Crippen molar-refractivity contribution in [2.24, 2.45) is 0 Å². The van der Waals surface area contributed by atoms with Gasteiger partial charge in [0.25, 0.3) is 5.91 Å². The van der Waals surface area contributed by atoms with E-state index in [4.69, 9.17) is 5.21 Å². The van der Waals surface area contributed by atoms with E-state index in [-0.39, 0.29) is 5.91 Å². The Morgan fingerprint density at radius 2 is 2.18 bits per heavy atom. The van der Waals surface area contributed by atoms with Gasteiger partial charge in [-0.15, -0.1) is 0 Å². The molecule has 3 aromatic rings. The highest BCUT2D eigenvalue weighted by molar-refractivity contribution is 7.18. The van der Waals surface area contributed by atoms with Crippen LogP contribution in [0.4, 0.5) is 10.1 Å². The summed E-state index contributed by atoms with van der Waals surface area (Å²) in [4.78, 5) is 20.3. The number of amides is 1. The number of rotatable bonds is 5. The minimum Gasteiger partial charge on any atom is -0.339 e. The number of carbonyl (C=O) groups excluding carboxylic acids is 1. The lowest BCUT2D eigenvalue weighted by Crippen LogP contribution is -2.73. The van der Waals surface area contributed by atoms with E-state index in [0.717, 1.165) is 11.0 Å². The second kappa shape index (κ2) is 6.48. The molecule has 0 aliphatic heterocycles. The van der Waals surface area contributed by atoms with Crippen molar-refractivity contribution in [2.75, 3.05) is 5.32 Å². The lowest BCUT2D eigenvalue weighted by atomic mass is 10.2. The molecule has 1 amide bonds. The number of thiazole rings is 1. The average molecular weight is 316 g/mol. The van der Waals surface area contributed by atoms with Crippen molar-refractivity contribution in [3.05, 3.63) is 60.3 Å². The number of anilines is 1. The third-order valence-electron chi connectivity index (χ3n) is 3.04. The lowest BCUT2D eigenvalue weighted by molar-refractivity contribution is -0.823. The van der Waals surface area contributed by atoms with E-state index in [1.807, 2.05) is 29.0 Å². The SMILES string of the molecule is O=C(Nc1ncc([NH2+]O)s1)c1cccn1Cc1ccncc1. The molecule has 112 valence electrons. The van der Waals surface area contributed by atoms with Crippen molar-refractivity contribution in [3.8, 4) is 0 Å². The first-order valence-corrected chi connectivity index (χ1v) is 7.36. The molecule has 0 atom stereocenters. The highest BCUT2D eigenvalue weighted by atomic mass is 32.1. The fourth-order valence-electron chi connectivity index (χ4n) is 2.01. The fourth-order valence-corrected chi connectivity index (χ4v) is 2.64. The molecule has 0 fully saturated rings. The summed E-state index contributed by atoms with van der Waals surface area (Å²) in [5.41, 5.74) is 2.56. The van der Waals surface area contributed by atoms with E-state index in [9.17, 15) is 4.79 Å². The van der Waals surface area contributed by atoms with Crippen molar-refractivity contribution >= 4 is 27.4 Å². The van der Waals surface area contributed by atoms with Crippen LogP contribution in [0, 0.1) is 0 Å². The summed E-state index contributed by atoms with van der Waals surface area (Å²) in [6, 6.07) is 7.39. The van der Waals surface area contributed by atoms with Gasteiger partial charge in [-0.1, -0.05) is 0 Å². The molecule has 7 nitrogen and oxygen atoms in total. The zero-order valence-electron chi connectivity index (χ0n) is 11.5. The minimum atomic E-state index is -0.238. The second-order valence-electron chi connectivity index (χ2n) is 4.53. The molecule has 0 aliphatic rings. The zero-order valence-corrected chi connectivity index (χ0v) is 12.3. The number of hydrogen-bond acceptors (Lipinski definition) is 5. The molecule has 0 radical (unpaired) electrons.